The number of rotatable bonds is 4. The van der Waals surface area contributed by atoms with E-state index in [1.165, 1.54) is 0 Å². The van der Waals surface area contributed by atoms with E-state index in [9.17, 15) is 9.59 Å². The lowest BCUT2D eigenvalue weighted by atomic mass is 10.1. The van der Waals surface area contributed by atoms with Crippen molar-refractivity contribution >= 4 is 35.1 Å². The molecule has 0 radical (unpaired) electrons. The van der Waals surface area contributed by atoms with Crippen molar-refractivity contribution in [3.05, 3.63) is 36.5 Å². The van der Waals surface area contributed by atoms with Crippen LogP contribution in [0.25, 0.3) is 0 Å². The zero-order valence-corrected chi connectivity index (χ0v) is 13.8. The molecule has 1 atom stereocenters. The Balaban J connectivity index is 1.70. The molecule has 23 heavy (non-hydrogen) atoms. The van der Waals surface area contributed by atoms with E-state index in [-0.39, 0.29) is 24.2 Å². The summed E-state index contributed by atoms with van der Waals surface area (Å²) in [6.45, 7) is 0.398. The first-order chi connectivity index (χ1) is 11.1. The zero-order valence-electron chi connectivity index (χ0n) is 13.0. The number of anilines is 2. The Labute approximate surface area is 138 Å². The van der Waals surface area contributed by atoms with Crippen molar-refractivity contribution in [3.8, 4) is 0 Å². The Kier molecular flexibility index (Phi) is 4.38. The summed E-state index contributed by atoms with van der Waals surface area (Å²) in [7, 11) is 1.79. The topological polar surface area (TPSA) is 67.2 Å². The molecule has 2 amide bonds. The van der Waals surface area contributed by atoms with Gasteiger partial charge in [-0.15, -0.1) is 11.8 Å². The number of benzene rings is 1. The van der Waals surface area contributed by atoms with E-state index in [0.717, 1.165) is 10.6 Å². The number of aromatic nitrogens is 2. The maximum atomic E-state index is 12.3. The maximum absolute atomic E-state index is 12.3. The molecule has 1 aromatic heterocycles. The summed E-state index contributed by atoms with van der Waals surface area (Å²) in [5, 5.41) is 6.89. The Bertz CT molecular complexity index is 743. The highest BCUT2D eigenvalue weighted by molar-refractivity contribution is 7.98. The summed E-state index contributed by atoms with van der Waals surface area (Å²) in [5.74, 6) is -0.0415. The molecule has 1 aromatic carbocycles. The van der Waals surface area contributed by atoms with Crippen LogP contribution in [0.1, 0.15) is 6.42 Å². The van der Waals surface area contributed by atoms with Gasteiger partial charge < -0.3 is 10.2 Å². The third kappa shape index (κ3) is 3.39. The third-order valence-corrected chi connectivity index (χ3v) is 4.55. The highest BCUT2D eigenvalue weighted by Gasteiger charge is 2.35. The minimum Gasteiger partial charge on any atom is -0.312 e. The van der Waals surface area contributed by atoms with Crippen molar-refractivity contribution in [3.63, 3.8) is 0 Å². The van der Waals surface area contributed by atoms with Crippen LogP contribution in [0.15, 0.2) is 41.4 Å². The number of thioether (sulfide) groups is 1. The molecule has 7 heteroatoms. The summed E-state index contributed by atoms with van der Waals surface area (Å²) >= 11 is 1.63. The van der Waals surface area contributed by atoms with Crippen molar-refractivity contribution < 1.29 is 9.59 Å². The first-order valence-electron chi connectivity index (χ1n) is 7.32. The van der Waals surface area contributed by atoms with Crippen molar-refractivity contribution in [1.82, 2.24) is 9.78 Å². The van der Waals surface area contributed by atoms with Gasteiger partial charge in [0.2, 0.25) is 11.8 Å². The molecule has 0 saturated carbocycles. The van der Waals surface area contributed by atoms with Gasteiger partial charge in [0.1, 0.15) is 0 Å². The summed E-state index contributed by atoms with van der Waals surface area (Å²) in [6, 6.07) is 9.53. The molecular formula is C16H18N4O2S. The lowest BCUT2D eigenvalue weighted by molar-refractivity contribution is -0.122. The second-order valence-electron chi connectivity index (χ2n) is 5.47. The molecule has 1 aliphatic heterocycles. The van der Waals surface area contributed by atoms with Crippen molar-refractivity contribution in [2.24, 2.45) is 13.0 Å². The van der Waals surface area contributed by atoms with Crippen LogP contribution in [-0.2, 0) is 16.6 Å². The van der Waals surface area contributed by atoms with E-state index >= 15 is 0 Å². The number of hydrogen-bond acceptors (Lipinski definition) is 4. The smallest absolute Gasteiger partial charge is 0.231 e. The Morgan fingerprint density at radius 1 is 1.39 bits per heavy atom. The second-order valence-corrected chi connectivity index (χ2v) is 6.35. The monoisotopic (exact) mass is 330 g/mol. The predicted octanol–water partition coefficient (Wildman–Crippen LogP) is 2.13. The van der Waals surface area contributed by atoms with Gasteiger partial charge in [-0.25, -0.2) is 0 Å². The van der Waals surface area contributed by atoms with E-state index in [0.29, 0.717) is 12.4 Å². The summed E-state index contributed by atoms with van der Waals surface area (Å²) < 4.78 is 1.62. The van der Waals surface area contributed by atoms with Gasteiger partial charge in [0.15, 0.2) is 5.82 Å². The Morgan fingerprint density at radius 2 is 2.22 bits per heavy atom. The molecular weight excluding hydrogens is 312 g/mol. The average molecular weight is 330 g/mol. The lowest BCUT2D eigenvalue weighted by Gasteiger charge is -2.17. The van der Waals surface area contributed by atoms with E-state index in [4.69, 9.17) is 0 Å². The van der Waals surface area contributed by atoms with Crippen LogP contribution in [0.3, 0.4) is 0 Å². The van der Waals surface area contributed by atoms with Gasteiger partial charge in [-0.1, -0.05) is 6.07 Å². The number of carbonyl (C=O) groups is 2. The van der Waals surface area contributed by atoms with Crippen LogP contribution in [0.2, 0.25) is 0 Å². The average Bonchev–Trinajstić information content (AvgIpc) is 3.13. The standard InChI is InChI=1S/C16H18N4O2S/c1-19-7-6-14(18-19)17-16(22)11-8-15(21)20(10-11)12-4-3-5-13(9-12)23-2/h3-7,9,11H,8,10H2,1-2H3,(H,17,18,22)/t11-/m1/s1. The van der Waals surface area contributed by atoms with Gasteiger partial charge in [-0.3, -0.25) is 14.3 Å². The molecule has 0 bridgehead atoms. The van der Waals surface area contributed by atoms with E-state index in [1.807, 2.05) is 30.5 Å². The Morgan fingerprint density at radius 3 is 2.91 bits per heavy atom. The molecule has 1 saturated heterocycles. The van der Waals surface area contributed by atoms with E-state index in [1.54, 1.807) is 40.7 Å². The first kappa shape index (κ1) is 15.6. The number of amides is 2. The van der Waals surface area contributed by atoms with E-state index in [2.05, 4.69) is 10.4 Å². The molecule has 0 aliphatic carbocycles. The highest BCUT2D eigenvalue weighted by atomic mass is 32.2. The number of hydrogen-bond donors (Lipinski definition) is 1. The highest BCUT2D eigenvalue weighted by Crippen LogP contribution is 2.28. The van der Waals surface area contributed by atoms with Crippen LogP contribution in [0.4, 0.5) is 11.5 Å². The summed E-state index contributed by atoms with van der Waals surface area (Å²) in [6.07, 6.45) is 3.98. The summed E-state index contributed by atoms with van der Waals surface area (Å²) in [4.78, 5) is 27.4. The maximum Gasteiger partial charge on any atom is 0.231 e. The number of nitrogens with zero attached hydrogens (tertiary/aromatic N) is 3. The van der Waals surface area contributed by atoms with Gasteiger partial charge in [-0.2, -0.15) is 5.10 Å². The fraction of sp³-hybridized carbons (Fsp3) is 0.312. The van der Waals surface area contributed by atoms with Crippen molar-refractivity contribution in [2.75, 3.05) is 23.0 Å². The van der Waals surface area contributed by atoms with Crippen molar-refractivity contribution in [2.45, 2.75) is 11.3 Å². The van der Waals surface area contributed by atoms with Crippen LogP contribution in [-0.4, -0.2) is 34.4 Å². The fourth-order valence-electron chi connectivity index (χ4n) is 2.62. The molecule has 1 N–H and O–H groups in total. The molecule has 120 valence electrons. The molecule has 6 nitrogen and oxygen atoms in total. The number of carbonyl (C=O) groups excluding carboxylic acids is 2. The number of aryl methyl sites for hydroxylation is 1. The van der Waals surface area contributed by atoms with Crippen LogP contribution < -0.4 is 10.2 Å². The second kappa shape index (κ2) is 6.45. The fourth-order valence-corrected chi connectivity index (χ4v) is 3.07. The molecule has 1 fully saturated rings. The van der Waals surface area contributed by atoms with Gasteiger partial charge in [-0.05, 0) is 24.5 Å². The van der Waals surface area contributed by atoms with Crippen LogP contribution in [0, 0.1) is 5.92 Å². The van der Waals surface area contributed by atoms with Crippen molar-refractivity contribution in [1.29, 1.82) is 0 Å². The molecule has 0 unspecified atom stereocenters. The van der Waals surface area contributed by atoms with Gasteiger partial charge in [0.05, 0.1) is 5.92 Å². The summed E-state index contributed by atoms with van der Waals surface area (Å²) in [5.41, 5.74) is 0.843. The normalized spacial score (nSPS) is 17.6. The SMILES string of the molecule is CSc1cccc(N2C[C@H](C(=O)Nc3ccn(C)n3)CC2=O)c1. The lowest BCUT2D eigenvalue weighted by Crippen LogP contribution is -2.28. The largest absolute Gasteiger partial charge is 0.312 e. The molecule has 3 rings (SSSR count). The quantitative estimate of drug-likeness (QED) is 0.872. The zero-order chi connectivity index (χ0) is 16.4. The Hall–Kier alpha value is -2.28. The molecule has 2 aromatic rings. The third-order valence-electron chi connectivity index (χ3n) is 3.83. The minimum absolute atomic E-state index is 0.0237. The first-order valence-corrected chi connectivity index (χ1v) is 8.54. The molecule has 2 heterocycles. The van der Waals surface area contributed by atoms with E-state index < -0.39 is 0 Å². The van der Waals surface area contributed by atoms with Gasteiger partial charge >= 0.3 is 0 Å². The molecule has 0 spiro atoms. The van der Waals surface area contributed by atoms with Crippen LogP contribution in [0.5, 0.6) is 0 Å². The van der Waals surface area contributed by atoms with Gasteiger partial charge in [0, 0.05) is 42.9 Å². The minimum atomic E-state index is -0.359. The van der Waals surface area contributed by atoms with Crippen LogP contribution >= 0.6 is 11.8 Å². The molecule has 1 aliphatic rings. The van der Waals surface area contributed by atoms with Gasteiger partial charge in [0.25, 0.3) is 0 Å². The number of nitrogens with one attached hydrogen (secondary N) is 1. The predicted molar refractivity (Wildman–Crippen MR) is 90.5 cm³/mol.